The molecule has 0 spiro atoms. The van der Waals surface area contributed by atoms with Crippen molar-refractivity contribution < 1.29 is 0 Å². The van der Waals surface area contributed by atoms with Gasteiger partial charge < -0.3 is 10.2 Å². The highest BCUT2D eigenvalue weighted by Gasteiger charge is 2.14. The van der Waals surface area contributed by atoms with E-state index in [-0.39, 0.29) is 24.8 Å². The molecule has 0 saturated carbocycles. The zero-order valence-corrected chi connectivity index (χ0v) is 12.6. The Morgan fingerprint density at radius 3 is 2.56 bits per heavy atom. The predicted molar refractivity (Wildman–Crippen MR) is 80.2 cm³/mol. The van der Waals surface area contributed by atoms with E-state index >= 15 is 0 Å². The average Bonchev–Trinajstić information content (AvgIpc) is 2.31. The molecule has 2 rings (SSSR count). The summed E-state index contributed by atoms with van der Waals surface area (Å²) in [4.78, 5) is 1.97. The third-order valence-corrected chi connectivity index (χ3v) is 3.06. The van der Waals surface area contributed by atoms with Crippen LogP contribution in [0.5, 0.6) is 0 Å². The van der Waals surface area contributed by atoms with Crippen LogP contribution in [0.25, 0.3) is 0 Å². The van der Waals surface area contributed by atoms with E-state index in [0.717, 1.165) is 30.4 Å². The summed E-state index contributed by atoms with van der Waals surface area (Å²) in [6.07, 6.45) is 3.64. The maximum Gasteiger partial charge on any atom is 0.150 e. The lowest BCUT2D eigenvalue weighted by atomic mass is 9.95. The molecule has 2 heterocycles. The Morgan fingerprint density at radius 1 is 1.28 bits per heavy atom. The van der Waals surface area contributed by atoms with Crippen LogP contribution in [0, 0.1) is 5.92 Å². The summed E-state index contributed by atoms with van der Waals surface area (Å²) in [5.74, 6) is 1.65. The molecule has 1 aromatic heterocycles. The van der Waals surface area contributed by atoms with Gasteiger partial charge in [0, 0.05) is 14.1 Å². The third-order valence-electron chi connectivity index (χ3n) is 3.06. The zero-order chi connectivity index (χ0) is 11.4. The molecule has 0 radical (unpaired) electrons. The van der Waals surface area contributed by atoms with Gasteiger partial charge in [0.25, 0.3) is 0 Å². The van der Waals surface area contributed by atoms with Crippen LogP contribution in [-0.2, 0) is 6.42 Å². The molecule has 1 fully saturated rings. The smallest absolute Gasteiger partial charge is 0.150 e. The lowest BCUT2D eigenvalue weighted by Gasteiger charge is -2.22. The van der Waals surface area contributed by atoms with Crippen LogP contribution in [0.2, 0.25) is 0 Å². The van der Waals surface area contributed by atoms with Crippen molar-refractivity contribution in [1.29, 1.82) is 0 Å². The van der Waals surface area contributed by atoms with Gasteiger partial charge in [-0.05, 0) is 50.4 Å². The molecule has 1 aliphatic rings. The highest BCUT2D eigenvalue weighted by atomic mass is 35.5. The van der Waals surface area contributed by atoms with E-state index in [9.17, 15) is 0 Å². The van der Waals surface area contributed by atoms with Crippen LogP contribution in [0.15, 0.2) is 12.1 Å². The summed E-state index contributed by atoms with van der Waals surface area (Å²) >= 11 is 0. The maximum atomic E-state index is 4.27. The van der Waals surface area contributed by atoms with Crippen LogP contribution in [0.1, 0.15) is 18.5 Å². The molecule has 18 heavy (non-hydrogen) atoms. The minimum absolute atomic E-state index is 0. The molecular formula is C12H22Cl2N4. The minimum Gasteiger partial charge on any atom is -0.361 e. The SMILES string of the molecule is CN(C)c1ccc(CC2CCCNC2)nn1.Cl.Cl. The number of aromatic nitrogens is 2. The van der Waals surface area contributed by atoms with E-state index in [1.54, 1.807) is 0 Å². The Balaban J connectivity index is 0.00000144. The number of nitrogens with zero attached hydrogens (tertiary/aromatic N) is 3. The molecule has 0 bridgehead atoms. The lowest BCUT2D eigenvalue weighted by Crippen LogP contribution is -2.31. The molecule has 0 aliphatic carbocycles. The Morgan fingerprint density at radius 2 is 2.06 bits per heavy atom. The molecule has 1 aliphatic heterocycles. The maximum absolute atomic E-state index is 4.27. The van der Waals surface area contributed by atoms with E-state index < -0.39 is 0 Å². The highest BCUT2D eigenvalue weighted by Crippen LogP contribution is 2.15. The Bertz CT molecular complexity index is 323. The first-order valence-corrected chi connectivity index (χ1v) is 5.96. The van der Waals surface area contributed by atoms with Crippen LogP contribution in [-0.4, -0.2) is 37.4 Å². The molecule has 0 aromatic carbocycles. The summed E-state index contributed by atoms with van der Waals surface area (Å²) in [7, 11) is 3.96. The fraction of sp³-hybridized carbons (Fsp3) is 0.667. The van der Waals surface area contributed by atoms with Gasteiger partial charge in [-0.1, -0.05) is 0 Å². The van der Waals surface area contributed by atoms with E-state index in [2.05, 4.69) is 21.6 Å². The van der Waals surface area contributed by atoms with Crippen LogP contribution in [0.3, 0.4) is 0 Å². The number of nitrogens with one attached hydrogen (secondary N) is 1. The van der Waals surface area contributed by atoms with Gasteiger partial charge in [0.05, 0.1) is 5.69 Å². The van der Waals surface area contributed by atoms with Crippen LogP contribution >= 0.6 is 24.8 Å². The van der Waals surface area contributed by atoms with Crippen molar-refractivity contribution in [3.05, 3.63) is 17.8 Å². The first kappa shape index (κ1) is 17.4. The van der Waals surface area contributed by atoms with Crippen LogP contribution < -0.4 is 10.2 Å². The Kier molecular flexibility index (Phi) is 8.24. The summed E-state index contributed by atoms with van der Waals surface area (Å²) in [6, 6.07) is 4.13. The second kappa shape index (κ2) is 8.51. The first-order valence-electron chi connectivity index (χ1n) is 5.96. The van der Waals surface area contributed by atoms with Gasteiger partial charge in [-0.3, -0.25) is 0 Å². The molecule has 104 valence electrons. The summed E-state index contributed by atoms with van der Waals surface area (Å²) in [6.45, 7) is 2.29. The number of piperidine rings is 1. The average molecular weight is 293 g/mol. The standard InChI is InChI=1S/C12H20N4.2ClH/c1-16(2)12-6-5-11(14-15-12)8-10-4-3-7-13-9-10;;/h5-6,10,13H,3-4,7-9H2,1-2H3;2*1H. The minimum atomic E-state index is 0. The molecule has 6 heteroatoms. The molecule has 1 atom stereocenters. The zero-order valence-electron chi connectivity index (χ0n) is 10.9. The van der Waals surface area contributed by atoms with E-state index in [1.165, 1.54) is 19.4 Å². The second-order valence-corrected chi connectivity index (χ2v) is 4.69. The highest BCUT2D eigenvalue weighted by molar-refractivity contribution is 5.85. The number of hydrogen-bond acceptors (Lipinski definition) is 4. The van der Waals surface area contributed by atoms with Gasteiger partial charge in [-0.2, -0.15) is 5.10 Å². The fourth-order valence-electron chi connectivity index (χ4n) is 2.09. The summed E-state index contributed by atoms with van der Waals surface area (Å²) < 4.78 is 0. The van der Waals surface area contributed by atoms with Gasteiger partial charge in [0.15, 0.2) is 5.82 Å². The predicted octanol–water partition coefficient (Wildman–Crippen LogP) is 1.93. The van der Waals surface area contributed by atoms with Crippen molar-refractivity contribution in [3.8, 4) is 0 Å². The van der Waals surface area contributed by atoms with Gasteiger partial charge in [-0.25, -0.2) is 0 Å². The van der Waals surface area contributed by atoms with Crippen LogP contribution in [0.4, 0.5) is 5.82 Å². The van der Waals surface area contributed by atoms with Gasteiger partial charge in [0.1, 0.15) is 0 Å². The normalized spacial score (nSPS) is 18.4. The molecule has 1 unspecified atom stereocenters. The van der Waals surface area contributed by atoms with Crippen molar-refractivity contribution in [2.45, 2.75) is 19.3 Å². The van der Waals surface area contributed by atoms with Gasteiger partial charge in [0.2, 0.25) is 0 Å². The van der Waals surface area contributed by atoms with Crippen molar-refractivity contribution in [2.75, 3.05) is 32.1 Å². The number of halogens is 2. The third kappa shape index (κ3) is 4.96. The van der Waals surface area contributed by atoms with Crippen molar-refractivity contribution >= 4 is 30.6 Å². The first-order chi connectivity index (χ1) is 7.75. The van der Waals surface area contributed by atoms with E-state index in [4.69, 9.17) is 0 Å². The molecule has 1 saturated heterocycles. The van der Waals surface area contributed by atoms with Crippen molar-refractivity contribution in [1.82, 2.24) is 15.5 Å². The lowest BCUT2D eigenvalue weighted by molar-refractivity contribution is 0.373. The number of anilines is 1. The number of rotatable bonds is 3. The molecule has 4 nitrogen and oxygen atoms in total. The second-order valence-electron chi connectivity index (χ2n) is 4.69. The number of hydrogen-bond donors (Lipinski definition) is 1. The molecule has 1 N–H and O–H groups in total. The van der Waals surface area contributed by atoms with Gasteiger partial charge in [-0.15, -0.1) is 29.9 Å². The van der Waals surface area contributed by atoms with Crippen molar-refractivity contribution in [3.63, 3.8) is 0 Å². The van der Waals surface area contributed by atoms with E-state index in [0.29, 0.717) is 0 Å². The molecule has 0 amide bonds. The topological polar surface area (TPSA) is 41.0 Å². The molecule has 1 aromatic rings. The monoisotopic (exact) mass is 292 g/mol. The Labute approximate surface area is 121 Å². The summed E-state index contributed by atoms with van der Waals surface area (Å²) in [5.41, 5.74) is 1.11. The fourth-order valence-corrected chi connectivity index (χ4v) is 2.09. The van der Waals surface area contributed by atoms with Gasteiger partial charge >= 0.3 is 0 Å². The molecular weight excluding hydrogens is 271 g/mol. The quantitative estimate of drug-likeness (QED) is 0.924. The largest absolute Gasteiger partial charge is 0.361 e. The summed E-state index contributed by atoms with van der Waals surface area (Å²) in [5, 5.41) is 11.9. The van der Waals surface area contributed by atoms with Crippen molar-refractivity contribution in [2.24, 2.45) is 5.92 Å². The van der Waals surface area contributed by atoms with E-state index in [1.807, 2.05) is 25.1 Å². The Hall–Kier alpha value is -0.580.